The van der Waals surface area contributed by atoms with Gasteiger partial charge >= 0.3 is 5.97 Å². The van der Waals surface area contributed by atoms with Gasteiger partial charge in [-0.3, -0.25) is 0 Å². The first-order chi connectivity index (χ1) is 14.2. The molecular weight excluding hydrogens is 370 g/mol. The van der Waals surface area contributed by atoms with Crippen molar-refractivity contribution in [2.45, 2.75) is 69.8 Å². The lowest BCUT2D eigenvalue weighted by molar-refractivity contribution is 0.0678. The van der Waals surface area contributed by atoms with Crippen LogP contribution in [0.15, 0.2) is 24.3 Å². The van der Waals surface area contributed by atoms with Gasteiger partial charge in [0.05, 0.1) is 6.61 Å². The molecule has 7 nitrogen and oxygen atoms in total. The minimum Gasteiger partial charge on any atom is -0.493 e. The molecule has 2 aliphatic rings. The van der Waals surface area contributed by atoms with E-state index in [9.17, 15) is 4.79 Å². The first-order valence-corrected chi connectivity index (χ1v) is 10.7. The van der Waals surface area contributed by atoms with E-state index in [1.807, 2.05) is 0 Å². The molecule has 1 aromatic carbocycles. The number of carboxylic acid groups (broad SMARTS) is 1. The summed E-state index contributed by atoms with van der Waals surface area (Å²) in [5, 5.41) is 18.8. The van der Waals surface area contributed by atoms with Crippen LogP contribution in [0.5, 0.6) is 11.6 Å². The number of nitrogens with one attached hydrogen (secondary N) is 1. The second-order valence-electron chi connectivity index (χ2n) is 8.27. The maximum Gasteiger partial charge on any atom is 0.359 e. The number of benzene rings is 1. The van der Waals surface area contributed by atoms with E-state index < -0.39 is 5.97 Å². The van der Waals surface area contributed by atoms with Crippen molar-refractivity contribution in [2.24, 2.45) is 5.92 Å². The lowest BCUT2D eigenvalue weighted by atomic mass is 9.83. The number of rotatable bonds is 7. The molecule has 2 aliphatic carbocycles. The van der Waals surface area contributed by atoms with Crippen LogP contribution in [0.3, 0.4) is 0 Å². The molecule has 2 saturated carbocycles. The molecule has 0 bridgehead atoms. The molecule has 2 fully saturated rings. The van der Waals surface area contributed by atoms with Crippen LogP contribution in [-0.2, 0) is 0 Å². The molecule has 0 aliphatic heterocycles. The summed E-state index contributed by atoms with van der Waals surface area (Å²) >= 11 is 0. The molecule has 2 N–H and O–H groups in total. The van der Waals surface area contributed by atoms with Gasteiger partial charge in [-0.1, -0.05) is 41.7 Å². The van der Waals surface area contributed by atoms with Crippen LogP contribution >= 0.6 is 0 Å². The van der Waals surface area contributed by atoms with Crippen LogP contribution in [0.25, 0.3) is 0 Å². The van der Waals surface area contributed by atoms with Gasteiger partial charge in [-0.15, -0.1) is 0 Å². The van der Waals surface area contributed by atoms with E-state index >= 15 is 0 Å². The van der Waals surface area contributed by atoms with Gasteiger partial charge in [-0.2, -0.15) is 0 Å². The molecule has 0 unspecified atom stereocenters. The number of H-pyrrole nitrogens is 1. The van der Waals surface area contributed by atoms with Crippen LogP contribution in [-0.4, -0.2) is 39.2 Å². The third-order valence-corrected chi connectivity index (χ3v) is 6.24. The number of nitrogens with zero attached hydrogens (tertiary/aromatic N) is 2. The van der Waals surface area contributed by atoms with Crippen LogP contribution < -0.4 is 9.47 Å². The lowest BCUT2D eigenvalue weighted by Gasteiger charge is -2.28. The summed E-state index contributed by atoms with van der Waals surface area (Å²) in [6.45, 7) is 0.835. The Balaban J connectivity index is 1.25. The molecule has 0 atom stereocenters. The van der Waals surface area contributed by atoms with E-state index in [0.717, 1.165) is 38.0 Å². The molecule has 156 valence electrons. The normalized spacial score (nSPS) is 22.9. The maximum atomic E-state index is 11.1. The van der Waals surface area contributed by atoms with Gasteiger partial charge < -0.3 is 14.6 Å². The Kier molecular flexibility index (Phi) is 6.32. The zero-order valence-corrected chi connectivity index (χ0v) is 16.7. The lowest BCUT2D eigenvalue weighted by Crippen LogP contribution is -2.24. The van der Waals surface area contributed by atoms with E-state index in [0.29, 0.717) is 11.8 Å². The number of hydrogen-bond donors (Lipinski definition) is 2. The highest BCUT2D eigenvalue weighted by Gasteiger charge is 2.26. The predicted octanol–water partition coefficient (Wildman–Crippen LogP) is 4.57. The summed E-state index contributed by atoms with van der Waals surface area (Å²) in [6.07, 6.45) is 10.4. The van der Waals surface area contributed by atoms with Gasteiger partial charge in [-0.05, 0) is 68.1 Å². The summed E-state index contributed by atoms with van der Waals surface area (Å²) in [5.41, 5.74) is 1.25. The fourth-order valence-corrected chi connectivity index (χ4v) is 4.52. The third-order valence-electron chi connectivity index (χ3n) is 6.24. The molecule has 7 heteroatoms. The predicted molar refractivity (Wildman–Crippen MR) is 107 cm³/mol. The van der Waals surface area contributed by atoms with Crippen molar-refractivity contribution in [3.05, 3.63) is 35.5 Å². The summed E-state index contributed by atoms with van der Waals surface area (Å²) in [5.74, 6) is 1.15. The Morgan fingerprint density at radius 2 is 1.76 bits per heavy atom. The smallest absolute Gasteiger partial charge is 0.359 e. The molecule has 0 amide bonds. The van der Waals surface area contributed by atoms with Gasteiger partial charge in [0.2, 0.25) is 5.69 Å². The zero-order chi connectivity index (χ0) is 20.1. The number of hydrogen-bond acceptors (Lipinski definition) is 5. The van der Waals surface area contributed by atoms with Crippen molar-refractivity contribution in [3.63, 3.8) is 0 Å². The van der Waals surface area contributed by atoms with E-state index in [2.05, 4.69) is 39.7 Å². The standard InChI is InChI=1S/C22H29N3O4/c26-22(27)20-21(24-25-23-20)29-19-12-8-17(9-13-19)16-6-10-18(11-7-16)28-14-15-4-2-1-3-5-15/h6-7,10-11,15,17,19H,1-5,8-9,12-14H2,(H,26,27)(H,23,24,25). The van der Waals surface area contributed by atoms with Gasteiger partial charge in [0, 0.05) is 0 Å². The summed E-state index contributed by atoms with van der Waals surface area (Å²) in [4.78, 5) is 11.1. The van der Waals surface area contributed by atoms with Crippen molar-refractivity contribution in [1.82, 2.24) is 15.4 Å². The first kappa shape index (κ1) is 19.7. The monoisotopic (exact) mass is 399 g/mol. The van der Waals surface area contributed by atoms with Gasteiger partial charge in [0.25, 0.3) is 5.88 Å². The van der Waals surface area contributed by atoms with Crippen molar-refractivity contribution < 1.29 is 19.4 Å². The number of aromatic nitrogens is 3. The maximum absolute atomic E-state index is 11.1. The minimum atomic E-state index is -1.11. The topological polar surface area (TPSA) is 97.3 Å². The SMILES string of the molecule is O=C(O)c1[nH]nnc1OC1CCC(c2ccc(OCC3CCCCC3)cc2)CC1. The second-order valence-corrected chi connectivity index (χ2v) is 8.27. The van der Waals surface area contributed by atoms with E-state index in [-0.39, 0.29) is 17.7 Å². The fraction of sp³-hybridized carbons (Fsp3) is 0.591. The Morgan fingerprint density at radius 3 is 2.45 bits per heavy atom. The average molecular weight is 399 g/mol. The third kappa shape index (κ3) is 5.08. The summed E-state index contributed by atoms with van der Waals surface area (Å²) < 4.78 is 11.8. The molecule has 4 rings (SSSR count). The summed E-state index contributed by atoms with van der Waals surface area (Å²) in [7, 11) is 0. The van der Waals surface area contributed by atoms with Crippen molar-refractivity contribution in [3.8, 4) is 11.6 Å². The number of carboxylic acids is 1. The molecular formula is C22H29N3O4. The molecule has 1 heterocycles. The Morgan fingerprint density at radius 1 is 1.03 bits per heavy atom. The Labute approximate surface area is 170 Å². The molecule has 0 saturated heterocycles. The highest BCUT2D eigenvalue weighted by Crippen LogP contribution is 2.35. The summed E-state index contributed by atoms with van der Waals surface area (Å²) in [6, 6.07) is 8.55. The van der Waals surface area contributed by atoms with Crippen LogP contribution in [0.2, 0.25) is 0 Å². The highest BCUT2D eigenvalue weighted by molar-refractivity contribution is 5.87. The zero-order valence-electron chi connectivity index (χ0n) is 16.7. The fourth-order valence-electron chi connectivity index (χ4n) is 4.52. The first-order valence-electron chi connectivity index (χ1n) is 10.7. The molecule has 29 heavy (non-hydrogen) atoms. The number of carbonyl (C=O) groups is 1. The minimum absolute atomic E-state index is 0.0208. The van der Waals surface area contributed by atoms with Crippen LogP contribution in [0, 0.1) is 5.92 Å². The van der Waals surface area contributed by atoms with Crippen LogP contribution in [0.1, 0.15) is 79.8 Å². The van der Waals surface area contributed by atoms with Gasteiger partial charge in [-0.25, -0.2) is 9.89 Å². The van der Waals surface area contributed by atoms with E-state index in [4.69, 9.17) is 14.6 Å². The van der Waals surface area contributed by atoms with Gasteiger partial charge in [0.15, 0.2) is 0 Å². The number of ether oxygens (including phenoxy) is 2. The second kappa shape index (κ2) is 9.29. The highest BCUT2D eigenvalue weighted by atomic mass is 16.5. The van der Waals surface area contributed by atoms with Crippen molar-refractivity contribution in [1.29, 1.82) is 0 Å². The molecule has 0 radical (unpaired) electrons. The molecule has 1 aromatic heterocycles. The molecule has 2 aromatic rings. The number of aromatic amines is 1. The van der Waals surface area contributed by atoms with Crippen molar-refractivity contribution >= 4 is 5.97 Å². The van der Waals surface area contributed by atoms with E-state index in [1.165, 1.54) is 37.7 Å². The van der Waals surface area contributed by atoms with Crippen molar-refractivity contribution in [2.75, 3.05) is 6.61 Å². The Bertz CT molecular complexity index is 791. The number of aromatic carboxylic acids is 1. The quantitative estimate of drug-likeness (QED) is 0.708. The van der Waals surface area contributed by atoms with Crippen LogP contribution in [0.4, 0.5) is 0 Å². The molecule has 0 spiro atoms. The Hall–Kier alpha value is -2.57. The van der Waals surface area contributed by atoms with Gasteiger partial charge in [0.1, 0.15) is 11.9 Å². The average Bonchev–Trinajstić information content (AvgIpc) is 3.22. The largest absolute Gasteiger partial charge is 0.493 e. The van der Waals surface area contributed by atoms with E-state index in [1.54, 1.807) is 0 Å².